The zero-order valence-corrected chi connectivity index (χ0v) is 15.7. The molecule has 0 radical (unpaired) electrons. The highest BCUT2D eigenvalue weighted by Crippen LogP contribution is 2.38. The second kappa shape index (κ2) is 8.12. The topological polar surface area (TPSA) is 70.2 Å². The zero-order valence-electron chi connectivity index (χ0n) is 14.1. The van der Waals surface area contributed by atoms with Crippen molar-refractivity contribution < 1.29 is 9.59 Å². The molecule has 0 aromatic heterocycles. The van der Waals surface area contributed by atoms with E-state index in [4.69, 9.17) is 0 Å². The fourth-order valence-electron chi connectivity index (χ4n) is 3.16. The third-order valence-corrected chi connectivity index (χ3v) is 5.66. The van der Waals surface area contributed by atoms with Gasteiger partial charge in [-0.25, -0.2) is 0 Å². The predicted octanol–water partition coefficient (Wildman–Crippen LogP) is 3.31. The van der Waals surface area contributed by atoms with Crippen molar-refractivity contribution in [3.8, 4) is 0 Å². The molecule has 26 heavy (non-hydrogen) atoms. The van der Waals surface area contributed by atoms with Gasteiger partial charge in [-0.2, -0.15) is 0 Å². The molecule has 2 aliphatic heterocycles. The Morgan fingerprint density at radius 3 is 2.85 bits per heavy atom. The Morgan fingerprint density at radius 1 is 1.19 bits per heavy atom. The lowest BCUT2D eigenvalue weighted by Crippen LogP contribution is -2.37. The number of hydrogen-bond donors (Lipinski definition) is 3. The van der Waals surface area contributed by atoms with E-state index in [1.54, 1.807) is 6.07 Å². The molecule has 0 bridgehead atoms. The van der Waals surface area contributed by atoms with Crippen molar-refractivity contribution in [2.24, 2.45) is 0 Å². The van der Waals surface area contributed by atoms with Crippen LogP contribution in [0.25, 0.3) is 0 Å². The van der Waals surface area contributed by atoms with Gasteiger partial charge in [-0.1, -0.05) is 23.9 Å². The molecule has 0 spiro atoms. The van der Waals surface area contributed by atoms with E-state index < -0.39 is 0 Å². The molecular formula is C19H20ClN3O2S. The minimum atomic E-state index is -0.144. The molecule has 2 amide bonds. The first-order valence-electron chi connectivity index (χ1n) is 8.44. The third kappa shape index (κ3) is 3.87. The van der Waals surface area contributed by atoms with Gasteiger partial charge in [-0.3, -0.25) is 9.59 Å². The zero-order chi connectivity index (χ0) is 17.2. The quantitative estimate of drug-likeness (QED) is 0.753. The minimum absolute atomic E-state index is 0. The van der Waals surface area contributed by atoms with E-state index in [1.165, 1.54) is 11.8 Å². The maximum Gasteiger partial charge on any atom is 0.256 e. The summed E-state index contributed by atoms with van der Waals surface area (Å²) >= 11 is 1.54. The molecule has 1 fully saturated rings. The first kappa shape index (κ1) is 18.8. The molecule has 0 saturated carbocycles. The van der Waals surface area contributed by atoms with Gasteiger partial charge in [-0.05, 0) is 49.7 Å². The predicted molar refractivity (Wildman–Crippen MR) is 106 cm³/mol. The standard InChI is InChI=1S/C19H19N3O2S.ClH/c23-18(21-11-13-4-3-9-20-13)12-7-8-17-15(10-12)22-19(24)14-5-1-2-6-16(14)25-17;/h1-2,5-8,10,13,20H,3-4,9,11H2,(H,21,23)(H,22,24);1H. The van der Waals surface area contributed by atoms with Gasteiger partial charge in [0.05, 0.1) is 11.3 Å². The molecule has 1 unspecified atom stereocenters. The van der Waals surface area contributed by atoms with Gasteiger partial charge in [0.2, 0.25) is 0 Å². The summed E-state index contributed by atoms with van der Waals surface area (Å²) in [4.78, 5) is 26.7. The van der Waals surface area contributed by atoms with E-state index in [2.05, 4.69) is 16.0 Å². The Morgan fingerprint density at radius 2 is 2.04 bits per heavy atom. The molecule has 1 atom stereocenters. The minimum Gasteiger partial charge on any atom is -0.350 e. The third-order valence-electron chi connectivity index (χ3n) is 4.51. The number of nitrogens with one attached hydrogen (secondary N) is 3. The number of carbonyl (C=O) groups excluding carboxylic acids is 2. The Labute approximate surface area is 162 Å². The number of fused-ring (bicyclic) bond motifs is 2. The van der Waals surface area contributed by atoms with Gasteiger partial charge in [-0.15, -0.1) is 12.4 Å². The van der Waals surface area contributed by atoms with E-state index in [-0.39, 0.29) is 24.2 Å². The molecule has 3 N–H and O–H groups in total. The normalized spacial score (nSPS) is 18.0. The molecule has 4 rings (SSSR count). The van der Waals surface area contributed by atoms with Gasteiger partial charge < -0.3 is 16.0 Å². The summed E-state index contributed by atoms with van der Waals surface area (Å²) in [5.41, 5.74) is 1.89. The number of hydrogen-bond acceptors (Lipinski definition) is 4. The number of halogens is 1. The Kier molecular flexibility index (Phi) is 5.86. The Bertz CT molecular complexity index is 837. The molecule has 2 aromatic carbocycles. The van der Waals surface area contributed by atoms with Gasteiger partial charge >= 0.3 is 0 Å². The van der Waals surface area contributed by atoms with Crippen LogP contribution in [0, 0.1) is 0 Å². The van der Waals surface area contributed by atoms with Crippen molar-refractivity contribution in [1.82, 2.24) is 10.6 Å². The lowest BCUT2D eigenvalue weighted by molar-refractivity contribution is 0.0949. The van der Waals surface area contributed by atoms with Crippen LogP contribution in [-0.2, 0) is 0 Å². The molecule has 2 aliphatic rings. The van der Waals surface area contributed by atoms with E-state index in [0.717, 1.165) is 29.2 Å². The van der Waals surface area contributed by atoms with Crippen molar-refractivity contribution in [3.63, 3.8) is 0 Å². The highest BCUT2D eigenvalue weighted by atomic mass is 35.5. The first-order chi connectivity index (χ1) is 12.2. The smallest absolute Gasteiger partial charge is 0.256 e. The van der Waals surface area contributed by atoms with Gasteiger partial charge in [0, 0.05) is 27.9 Å². The second-order valence-electron chi connectivity index (χ2n) is 6.27. The monoisotopic (exact) mass is 389 g/mol. The Balaban J connectivity index is 0.00000196. The van der Waals surface area contributed by atoms with Crippen LogP contribution in [0.3, 0.4) is 0 Å². The van der Waals surface area contributed by atoms with Crippen molar-refractivity contribution >= 4 is 41.7 Å². The van der Waals surface area contributed by atoms with Crippen LogP contribution in [0.2, 0.25) is 0 Å². The second-order valence-corrected chi connectivity index (χ2v) is 7.35. The number of amides is 2. The molecule has 1 saturated heterocycles. The summed E-state index contributed by atoms with van der Waals surface area (Å²) in [6.45, 7) is 1.64. The lowest BCUT2D eigenvalue weighted by Gasteiger charge is -2.13. The number of rotatable bonds is 3. The van der Waals surface area contributed by atoms with Crippen molar-refractivity contribution in [2.75, 3.05) is 18.4 Å². The Hall–Kier alpha value is -2.02. The van der Waals surface area contributed by atoms with Crippen LogP contribution in [0.1, 0.15) is 33.6 Å². The first-order valence-corrected chi connectivity index (χ1v) is 9.26. The van der Waals surface area contributed by atoms with Crippen LogP contribution in [0.4, 0.5) is 5.69 Å². The van der Waals surface area contributed by atoms with Crippen LogP contribution in [-0.4, -0.2) is 30.9 Å². The van der Waals surface area contributed by atoms with E-state index in [0.29, 0.717) is 29.4 Å². The van der Waals surface area contributed by atoms with Crippen molar-refractivity contribution in [2.45, 2.75) is 28.7 Å². The fraction of sp³-hybridized carbons (Fsp3) is 0.263. The maximum atomic E-state index is 12.4. The molecule has 2 heterocycles. The van der Waals surface area contributed by atoms with Crippen LogP contribution < -0.4 is 16.0 Å². The maximum absolute atomic E-state index is 12.4. The molecule has 2 aromatic rings. The molecular weight excluding hydrogens is 370 g/mol. The fourth-order valence-corrected chi connectivity index (χ4v) is 4.17. The molecule has 136 valence electrons. The summed E-state index contributed by atoms with van der Waals surface area (Å²) in [6.07, 6.45) is 2.25. The molecule has 7 heteroatoms. The van der Waals surface area contributed by atoms with Crippen molar-refractivity contribution in [1.29, 1.82) is 0 Å². The highest BCUT2D eigenvalue weighted by molar-refractivity contribution is 7.99. The summed E-state index contributed by atoms with van der Waals surface area (Å²) < 4.78 is 0. The van der Waals surface area contributed by atoms with E-state index in [1.807, 2.05) is 36.4 Å². The summed E-state index contributed by atoms with van der Waals surface area (Å²) in [7, 11) is 0. The van der Waals surface area contributed by atoms with E-state index in [9.17, 15) is 9.59 Å². The van der Waals surface area contributed by atoms with Gasteiger partial charge in [0.1, 0.15) is 0 Å². The highest BCUT2D eigenvalue weighted by Gasteiger charge is 2.21. The largest absolute Gasteiger partial charge is 0.350 e. The molecule has 0 aliphatic carbocycles. The number of carbonyl (C=O) groups is 2. The average molecular weight is 390 g/mol. The van der Waals surface area contributed by atoms with Crippen LogP contribution >= 0.6 is 24.2 Å². The van der Waals surface area contributed by atoms with Crippen LogP contribution in [0.15, 0.2) is 52.3 Å². The van der Waals surface area contributed by atoms with E-state index >= 15 is 0 Å². The summed E-state index contributed by atoms with van der Waals surface area (Å²) in [5.74, 6) is -0.257. The molecule has 5 nitrogen and oxygen atoms in total. The average Bonchev–Trinajstić information content (AvgIpc) is 3.10. The van der Waals surface area contributed by atoms with Gasteiger partial charge in [0.25, 0.3) is 11.8 Å². The number of anilines is 1. The SMILES string of the molecule is Cl.O=C(NCC1CCCN1)c1ccc2c(c1)NC(=O)c1ccccc1S2. The van der Waals surface area contributed by atoms with Crippen molar-refractivity contribution in [3.05, 3.63) is 53.6 Å². The van der Waals surface area contributed by atoms with Gasteiger partial charge in [0.15, 0.2) is 0 Å². The lowest BCUT2D eigenvalue weighted by atomic mass is 10.1. The number of benzene rings is 2. The summed E-state index contributed by atoms with van der Waals surface area (Å²) in [6, 6.07) is 13.3. The van der Waals surface area contributed by atoms with Crippen LogP contribution in [0.5, 0.6) is 0 Å². The summed E-state index contributed by atoms with van der Waals surface area (Å²) in [5, 5.41) is 9.25.